The Morgan fingerprint density at radius 1 is 1.15 bits per heavy atom. The Balaban J connectivity index is 1.44. The van der Waals surface area contributed by atoms with Crippen molar-refractivity contribution in [3.63, 3.8) is 0 Å². The van der Waals surface area contributed by atoms with Crippen molar-refractivity contribution >= 4 is 23.4 Å². The SMILES string of the molecule is CC1NN(SCC(=O)c2cccc3c2CCCC3)N=C1c1ccccc1. The van der Waals surface area contributed by atoms with E-state index in [0.717, 1.165) is 29.7 Å². The lowest BCUT2D eigenvalue weighted by Crippen LogP contribution is -2.33. The normalized spacial score (nSPS) is 19.2. The molecule has 0 saturated carbocycles. The lowest BCUT2D eigenvalue weighted by Gasteiger charge is -2.19. The van der Waals surface area contributed by atoms with Crippen LogP contribution in [0.4, 0.5) is 0 Å². The summed E-state index contributed by atoms with van der Waals surface area (Å²) in [5.74, 6) is 0.577. The number of fused-ring (bicyclic) bond motifs is 1. The van der Waals surface area contributed by atoms with Crippen LogP contribution < -0.4 is 5.43 Å². The minimum Gasteiger partial charge on any atom is -0.293 e. The molecule has 4 nitrogen and oxygen atoms in total. The lowest BCUT2D eigenvalue weighted by atomic mass is 9.87. The summed E-state index contributed by atoms with van der Waals surface area (Å²) in [4.78, 5) is 12.8. The van der Waals surface area contributed by atoms with E-state index in [2.05, 4.69) is 35.7 Å². The molecular formula is C21H23N3OS. The summed E-state index contributed by atoms with van der Waals surface area (Å²) >= 11 is 1.42. The molecule has 134 valence electrons. The Bertz CT molecular complexity index is 834. The standard InChI is InChI=1S/C21H23N3OS/c1-15-21(17-9-3-2-4-10-17)23-24(22-15)26-14-20(25)19-13-7-11-16-8-5-6-12-18(16)19/h2-4,7,9-11,13,15,22H,5-6,8,12,14H2,1H3. The van der Waals surface area contributed by atoms with Crippen molar-refractivity contribution in [2.24, 2.45) is 5.10 Å². The van der Waals surface area contributed by atoms with E-state index in [0.29, 0.717) is 5.75 Å². The van der Waals surface area contributed by atoms with Crippen molar-refractivity contribution < 1.29 is 4.79 Å². The first-order valence-corrected chi connectivity index (χ1v) is 10.1. The van der Waals surface area contributed by atoms with Crippen molar-refractivity contribution in [2.75, 3.05) is 5.75 Å². The first-order valence-electron chi connectivity index (χ1n) is 9.19. The van der Waals surface area contributed by atoms with Gasteiger partial charge in [-0.25, -0.2) is 0 Å². The summed E-state index contributed by atoms with van der Waals surface area (Å²) in [5.41, 5.74) is 8.94. The van der Waals surface area contributed by atoms with Gasteiger partial charge in [-0.15, -0.1) is 0 Å². The molecule has 1 aliphatic carbocycles. The van der Waals surface area contributed by atoms with Crippen LogP contribution in [0.1, 0.15) is 46.8 Å². The van der Waals surface area contributed by atoms with Crippen molar-refractivity contribution in [1.29, 1.82) is 0 Å². The number of carbonyl (C=O) groups is 1. The summed E-state index contributed by atoms with van der Waals surface area (Å²) in [7, 11) is 0. The molecule has 0 radical (unpaired) electrons. The van der Waals surface area contributed by atoms with Crippen LogP contribution in [-0.2, 0) is 12.8 Å². The number of carbonyl (C=O) groups excluding carboxylic acids is 1. The Morgan fingerprint density at radius 2 is 1.96 bits per heavy atom. The zero-order valence-electron chi connectivity index (χ0n) is 14.9. The van der Waals surface area contributed by atoms with Crippen molar-refractivity contribution in [2.45, 2.75) is 38.6 Å². The van der Waals surface area contributed by atoms with E-state index in [4.69, 9.17) is 0 Å². The van der Waals surface area contributed by atoms with Gasteiger partial charge in [-0.05, 0) is 61.2 Å². The van der Waals surface area contributed by atoms with Gasteiger partial charge in [0.2, 0.25) is 0 Å². The molecule has 4 rings (SSSR count). The van der Waals surface area contributed by atoms with Crippen LogP contribution in [0.15, 0.2) is 53.6 Å². The largest absolute Gasteiger partial charge is 0.293 e. The Morgan fingerprint density at radius 3 is 2.81 bits per heavy atom. The van der Waals surface area contributed by atoms with E-state index in [1.54, 1.807) is 4.52 Å². The fourth-order valence-electron chi connectivity index (χ4n) is 3.66. The molecule has 1 unspecified atom stereocenters. The van der Waals surface area contributed by atoms with Gasteiger partial charge in [0.15, 0.2) is 5.78 Å². The molecule has 2 aromatic carbocycles. The van der Waals surface area contributed by atoms with E-state index in [9.17, 15) is 4.79 Å². The van der Waals surface area contributed by atoms with Crippen LogP contribution in [0.3, 0.4) is 0 Å². The fraction of sp³-hybridized carbons (Fsp3) is 0.333. The molecule has 0 saturated heterocycles. The van der Waals surface area contributed by atoms with E-state index < -0.39 is 0 Å². The molecule has 1 heterocycles. The molecule has 0 spiro atoms. The van der Waals surface area contributed by atoms with E-state index in [-0.39, 0.29) is 11.8 Å². The van der Waals surface area contributed by atoms with Gasteiger partial charge in [0, 0.05) is 5.56 Å². The second kappa shape index (κ2) is 7.64. The molecule has 5 heteroatoms. The average Bonchev–Trinajstić information content (AvgIpc) is 3.07. The first kappa shape index (κ1) is 17.3. The highest BCUT2D eigenvalue weighted by molar-refractivity contribution is 7.97. The van der Waals surface area contributed by atoms with E-state index >= 15 is 0 Å². The molecular weight excluding hydrogens is 342 g/mol. The van der Waals surface area contributed by atoms with Gasteiger partial charge in [-0.2, -0.15) is 15.1 Å². The molecule has 1 aliphatic heterocycles. The third-order valence-electron chi connectivity index (χ3n) is 5.00. The predicted octanol–water partition coefficient (Wildman–Crippen LogP) is 4.01. The van der Waals surface area contributed by atoms with Gasteiger partial charge in [-0.1, -0.05) is 48.5 Å². The number of Topliss-reactive ketones (excluding diaryl/α,β-unsaturated/α-hetero) is 1. The minimum atomic E-state index is 0.129. The Labute approximate surface area is 158 Å². The third kappa shape index (κ3) is 3.55. The van der Waals surface area contributed by atoms with Gasteiger partial charge in [-0.3, -0.25) is 4.79 Å². The predicted molar refractivity (Wildman–Crippen MR) is 107 cm³/mol. The number of ketones is 1. The summed E-state index contributed by atoms with van der Waals surface area (Å²) in [6.07, 6.45) is 4.53. The molecule has 26 heavy (non-hydrogen) atoms. The zero-order valence-corrected chi connectivity index (χ0v) is 15.8. The Hall–Kier alpha value is -2.11. The number of aryl methyl sites for hydroxylation is 1. The molecule has 1 N–H and O–H groups in total. The van der Waals surface area contributed by atoms with Crippen LogP contribution in [-0.4, -0.2) is 27.8 Å². The molecule has 0 bridgehead atoms. The molecule has 2 aromatic rings. The molecule has 0 amide bonds. The third-order valence-corrected chi connectivity index (χ3v) is 5.82. The quantitative estimate of drug-likeness (QED) is 0.642. The lowest BCUT2D eigenvalue weighted by molar-refractivity contribution is 0.102. The van der Waals surface area contributed by atoms with Crippen LogP contribution >= 0.6 is 11.9 Å². The van der Waals surface area contributed by atoms with Crippen molar-refractivity contribution in [1.82, 2.24) is 9.95 Å². The second-order valence-corrected chi connectivity index (χ2v) is 7.71. The number of hydrazine groups is 1. The number of hydrogen-bond acceptors (Lipinski definition) is 5. The highest BCUT2D eigenvalue weighted by Crippen LogP contribution is 2.26. The molecule has 2 aliphatic rings. The highest BCUT2D eigenvalue weighted by atomic mass is 32.2. The van der Waals surface area contributed by atoms with Crippen molar-refractivity contribution in [3.8, 4) is 0 Å². The fourth-order valence-corrected chi connectivity index (χ4v) is 4.44. The first-order chi connectivity index (χ1) is 12.7. The van der Waals surface area contributed by atoms with Crippen molar-refractivity contribution in [3.05, 3.63) is 70.8 Å². The number of hydrazone groups is 1. The van der Waals surface area contributed by atoms with E-state index in [1.165, 1.54) is 35.9 Å². The molecule has 0 fully saturated rings. The number of nitrogens with zero attached hydrogens (tertiary/aromatic N) is 2. The van der Waals surface area contributed by atoms with Gasteiger partial charge < -0.3 is 0 Å². The summed E-state index contributed by atoms with van der Waals surface area (Å²) in [5, 5.41) is 4.64. The summed E-state index contributed by atoms with van der Waals surface area (Å²) in [6, 6.07) is 16.4. The van der Waals surface area contributed by atoms with Gasteiger partial charge in [0.25, 0.3) is 0 Å². The maximum Gasteiger partial charge on any atom is 0.174 e. The van der Waals surface area contributed by atoms with E-state index in [1.807, 2.05) is 30.3 Å². The number of benzene rings is 2. The average molecular weight is 366 g/mol. The van der Waals surface area contributed by atoms with Crippen LogP contribution in [0.25, 0.3) is 0 Å². The van der Waals surface area contributed by atoms with Crippen LogP contribution in [0.2, 0.25) is 0 Å². The number of hydrogen-bond donors (Lipinski definition) is 1. The second-order valence-electron chi connectivity index (χ2n) is 6.82. The van der Waals surface area contributed by atoms with Crippen LogP contribution in [0.5, 0.6) is 0 Å². The smallest absolute Gasteiger partial charge is 0.174 e. The maximum atomic E-state index is 12.8. The van der Waals surface area contributed by atoms with Gasteiger partial charge >= 0.3 is 0 Å². The molecule has 1 atom stereocenters. The monoisotopic (exact) mass is 365 g/mol. The van der Waals surface area contributed by atoms with Gasteiger partial charge in [0.1, 0.15) is 0 Å². The summed E-state index contributed by atoms with van der Waals surface area (Å²) < 4.78 is 1.74. The summed E-state index contributed by atoms with van der Waals surface area (Å²) in [6.45, 7) is 2.09. The highest BCUT2D eigenvalue weighted by Gasteiger charge is 2.25. The Kier molecular flexibility index (Phi) is 5.09. The molecule has 0 aromatic heterocycles. The minimum absolute atomic E-state index is 0.129. The van der Waals surface area contributed by atoms with Gasteiger partial charge in [0.05, 0.1) is 17.5 Å². The number of nitrogens with one attached hydrogen (secondary N) is 1. The maximum absolute atomic E-state index is 12.8. The van der Waals surface area contributed by atoms with Crippen LogP contribution in [0, 0.1) is 0 Å². The topological polar surface area (TPSA) is 44.7 Å². The number of rotatable bonds is 5. The zero-order chi connectivity index (χ0) is 17.9.